The van der Waals surface area contributed by atoms with Crippen molar-refractivity contribution in [3.8, 4) is 5.75 Å². The summed E-state index contributed by atoms with van der Waals surface area (Å²) >= 11 is 0. The number of benzene rings is 1. The van der Waals surface area contributed by atoms with Gasteiger partial charge >= 0.3 is 0 Å². The maximum Gasteiger partial charge on any atom is 0.123 e. The van der Waals surface area contributed by atoms with Gasteiger partial charge in [-0.3, -0.25) is 0 Å². The molecule has 0 amide bonds. The molecule has 1 N–H and O–H groups in total. The lowest BCUT2D eigenvalue weighted by molar-refractivity contribution is 0.142. The first-order valence-corrected chi connectivity index (χ1v) is 7.31. The van der Waals surface area contributed by atoms with Gasteiger partial charge in [0, 0.05) is 30.9 Å². The summed E-state index contributed by atoms with van der Waals surface area (Å²) in [6, 6.07) is 9.22. The minimum Gasteiger partial charge on any atom is -0.496 e. The highest BCUT2D eigenvalue weighted by molar-refractivity contribution is 5.35. The molecule has 1 aromatic carbocycles. The van der Waals surface area contributed by atoms with Crippen LogP contribution < -0.4 is 10.1 Å². The average Bonchev–Trinajstić information content (AvgIpc) is 2.73. The molecule has 106 valence electrons. The first kappa shape index (κ1) is 14.4. The molecule has 1 saturated heterocycles. The first-order chi connectivity index (χ1) is 9.35. The van der Waals surface area contributed by atoms with Crippen LogP contribution in [-0.4, -0.2) is 26.4 Å². The van der Waals surface area contributed by atoms with E-state index >= 15 is 0 Å². The zero-order valence-corrected chi connectivity index (χ0v) is 12.0. The molecule has 1 aliphatic rings. The molecular weight excluding hydrogens is 238 g/mol. The Morgan fingerprint density at radius 2 is 2.16 bits per heavy atom. The Labute approximate surface area is 116 Å². The monoisotopic (exact) mass is 263 g/mol. The van der Waals surface area contributed by atoms with E-state index in [1.165, 1.54) is 12.0 Å². The predicted molar refractivity (Wildman–Crippen MR) is 77.6 cm³/mol. The first-order valence-electron chi connectivity index (χ1n) is 7.31. The molecule has 3 heteroatoms. The van der Waals surface area contributed by atoms with Crippen LogP contribution in [0.3, 0.4) is 0 Å². The van der Waals surface area contributed by atoms with E-state index in [-0.39, 0.29) is 0 Å². The van der Waals surface area contributed by atoms with Gasteiger partial charge in [0.1, 0.15) is 5.75 Å². The second kappa shape index (κ2) is 7.51. The van der Waals surface area contributed by atoms with Crippen LogP contribution in [0, 0.1) is 0 Å². The second-order valence-electron chi connectivity index (χ2n) is 5.11. The summed E-state index contributed by atoms with van der Waals surface area (Å²) in [6.45, 7) is 4.00. The van der Waals surface area contributed by atoms with Gasteiger partial charge in [-0.2, -0.15) is 0 Å². The topological polar surface area (TPSA) is 30.5 Å². The number of methoxy groups -OCH3 is 1. The van der Waals surface area contributed by atoms with Gasteiger partial charge in [-0.25, -0.2) is 0 Å². The number of hydrogen-bond acceptors (Lipinski definition) is 3. The van der Waals surface area contributed by atoms with E-state index in [2.05, 4.69) is 24.4 Å². The number of rotatable bonds is 5. The van der Waals surface area contributed by atoms with Crippen LogP contribution in [0.2, 0.25) is 0 Å². The smallest absolute Gasteiger partial charge is 0.123 e. The number of para-hydroxylation sites is 1. The van der Waals surface area contributed by atoms with Gasteiger partial charge in [0.25, 0.3) is 0 Å². The fourth-order valence-corrected chi connectivity index (χ4v) is 2.74. The van der Waals surface area contributed by atoms with Crippen LogP contribution in [0.15, 0.2) is 24.3 Å². The molecule has 2 unspecified atom stereocenters. The molecule has 0 radical (unpaired) electrons. The summed E-state index contributed by atoms with van der Waals surface area (Å²) in [7, 11) is 1.74. The van der Waals surface area contributed by atoms with Crippen LogP contribution in [-0.2, 0) is 4.74 Å². The van der Waals surface area contributed by atoms with Gasteiger partial charge in [0.15, 0.2) is 0 Å². The summed E-state index contributed by atoms with van der Waals surface area (Å²) < 4.78 is 11.0. The molecule has 2 atom stereocenters. The van der Waals surface area contributed by atoms with Crippen molar-refractivity contribution >= 4 is 0 Å². The normalized spacial score (nSPS) is 21.7. The molecule has 0 bridgehead atoms. The van der Waals surface area contributed by atoms with E-state index in [0.29, 0.717) is 12.1 Å². The Kier molecular flexibility index (Phi) is 5.67. The minimum absolute atomic E-state index is 0.360. The highest BCUT2D eigenvalue weighted by Crippen LogP contribution is 2.28. The molecular formula is C16H25NO2. The third-order valence-electron chi connectivity index (χ3n) is 3.81. The summed E-state index contributed by atoms with van der Waals surface area (Å²) in [5.74, 6) is 0.978. The molecule has 0 aliphatic carbocycles. The largest absolute Gasteiger partial charge is 0.496 e. The molecule has 3 nitrogen and oxygen atoms in total. The highest BCUT2D eigenvalue weighted by atomic mass is 16.5. The molecule has 2 rings (SSSR count). The van der Waals surface area contributed by atoms with E-state index in [1.807, 2.05) is 12.1 Å². The van der Waals surface area contributed by atoms with E-state index in [0.717, 1.165) is 38.2 Å². The van der Waals surface area contributed by atoms with Crippen LogP contribution >= 0.6 is 0 Å². The lowest BCUT2D eigenvalue weighted by Gasteiger charge is -2.25. The van der Waals surface area contributed by atoms with Crippen molar-refractivity contribution in [2.75, 3.05) is 20.3 Å². The maximum absolute atomic E-state index is 5.53. The van der Waals surface area contributed by atoms with Crippen LogP contribution in [0.1, 0.15) is 44.2 Å². The van der Waals surface area contributed by atoms with E-state index in [9.17, 15) is 0 Å². The van der Waals surface area contributed by atoms with Gasteiger partial charge in [-0.05, 0) is 31.7 Å². The highest BCUT2D eigenvalue weighted by Gasteiger charge is 2.19. The molecule has 0 aromatic heterocycles. The van der Waals surface area contributed by atoms with Gasteiger partial charge in [-0.1, -0.05) is 25.1 Å². The minimum atomic E-state index is 0.360. The summed E-state index contributed by atoms with van der Waals surface area (Å²) in [4.78, 5) is 0. The summed E-state index contributed by atoms with van der Waals surface area (Å²) in [5, 5.41) is 3.78. The average molecular weight is 263 g/mol. The van der Waals surface area contributed by atoms with Crippen molar-refractivity contribution in [2.24, 2.45) is 0 Å². The van der Waals surface area contributed by atoms with Crippen molar-refractivity contribution in [3.05, 3.63) is 29.8 Å². The summed E-state index contributed by atoms with van der Waals surface area (Å²) in [6.07, 6.45) is 4.52. The van der Waals surface area contributed by atoms with Gasteiger partial charge in [0.05, 0.1) is 7.11 Å². The lowest BCUT2D eigenvalue weighted by Crippen LogP contribution is -2.33. The molecule has 19 heavy (non-hydrogen) atoms. The van der Waals surface area contributed by atoms with Crippen LogP contribution in [0.25, 0.3) is 0 Å². The third-order valence-corrected chi connectivity index (χ3v) is 3.81. The van der Waals surface area contributed by atoms with E-state index in [1.54, 1.807) is 7.11 Å². The Bertz CT molecular complexity index is 373. The Morgan fingerprint density at radius 3 is 2.95 bits per heavy atom. The number of ether oxygens (including phenoxy) is 2. The molecule has 1 aliphatic heterocycles. The number of nitrogens with one attached hydrogen (secondary N) is 1. The van der Waals surface area contributed by atoms with Crippen LogP contribution in [0.5, 0.6) is 5.75 Å². The fourth-order valence-electron chi connectivity index (χ4n) is 2.74. The lowest BCUT2D eigenvalue weighted by atomic mass is 10.0. The zero-order valence-electron chi connectivity index (χ0n) is 12.0. The third kappa shape index (κ3) is 3.95. The van der Waals surface area contributed by atoms with E-state index in [4.69, 9.17) is 9.47 Å². The Balaban J connectivity index is 2.06. The van der Waals surface area contributed by atoms with Gasteiger partial charge in [-0.15, -0.1) is 0 Å². The standard InChI is InChI=1S/C16H25NO2/c1-3-15(14-8-4-5-9-16(14)18-2)17-13-7-6-11-19-12-10-13/h4-5,8-9,13,15,17H,3,6-7,10-12H2,1-2H3. The summed E-state index contributed by atoms with van der Waals surface area (Å²) in [5.41, 5.74) is 1.26. The SMILES string of the molecule is CCC(NC1CCCOCC1)c1ccccc1OC. The fraction of sp³-hybridized carbons (Fsp3) is 0.625. The second-order valence-corrected chi connectivity index (χ2v) is 5.11. The molecule has 0 spiro atoms. The maximum atomic E-state index is 5.53. The van der Waals surface area contributed by atoms with Crippen molar-refractivity contribution in [1.82, 2.24) is 5.32 Å². The Hall–Kier alpha value is -1.06. The van der Waals surface area contributed by atoms with Gasteiger partial charge < -0.3 is 14.8 Å². The predicted octanol–water partition coefficient (Wildman–Crippen LogP) is 3.31. The zero-order chi connectivity index (χ0) is 13.5. The van der Waals surface area contributed by atoms with Crippen molar-refractivity contribution < 1.29 is 9.47 Å². The quantitative estimate of drug-likeness (QED) is 0.884. The van der Waals surface area contributed by atoms with Crippen LogP contribution in [0.4, 0.5) is 0 Å². The number of hydrogen-bond donors (Lipinski definition) is 1. The van der Waals surface area contributed by atoms with Crippen molar-refractivity contribution in [1.29, 1.82) is 0 Å². The molecule has 1 heterocycles. The van der Waals surface area contributed by atoms with E-state index < -0.39 is 0 Å². The Morgan fingerprint density at radius 1 is 1.32 bits per heavy atom. The molecule has 1 fully saturated rings. The van der Waals surface area contributed by atoms with Gasteiger partial charge in [0.2, 0.25) is 0 Å². The molecule has 1 aromatic rings. The van der Waals surface area contributed by atoms with Crippen molar-refractivity contribution in [2.45, 2.75) is 44.7 Å². The molecule has 0 saturated carbocycles. The van der Waals surface area contributed by atoms with Crippen molar-refractivity contribution in [3.63, 3.8) is 0 Å².